The molecular weight excluding hydrogens is 392 g/mol. The molecule has 166 valence electrons. The number of nitrogens with one attached hydrogen (secondary N) is 1. The second kappa shape index (κ2) is 8.71. The standard InChI is InChI=1S/C25H32N2O4/c1-15(2)19-9-11-20(12-10-19)25(6)23(29)27(24(30)26-25)13-21(28)14-31-22-17(4)8-7-16(3)18(22)5/h7-12,15,21,28H,13-14H2,1-6H3,(H,26,30). The number of aliphatic hydroxyl groups is 1. The minimum atomic E-state index is -1.16. The molecule has 2 unspecified atom stereocenters. The zero-order valence-corrected chi connectivity index (χ0v) is 19.2. The van der Waals surface area contributed by atoms with Crippen molar-refractivity contribution in [2.75, 3.05) is 13.2 Å². The molecule has 31 heavy (non-hydrogen) atoms. The van der Waals surface area contributed by atoms with Gasteiger partial charge in [0.15, 0.2) is 0 Å². The monoisotopic (exact) mass is 424 g/mol. The number of nitrogens with zero attached hydrogens (tertiary/aromatic N) is 1. The Hall–Kier alpha value is -2.86. The third-order valence-electron chi connectivity index (χ3n) is 6.12. The van der Waals surface area contributed by atoms with E-state index >= 15 is 0 Å². The molecule has 2 aromatic rings. The fraction of sp³-hybridized carbons (Fsp3) is 0.440. The van der Waals surface area contributed by atoms with Crippen LogP contribution in [0.3, 0.4) is 0 Å². The number of urea groups is 1. The molecule has 1 saturated heterocycles. The number of rotatable bonds is 7. The molecule has 1 fully saturated rings. The van der Waals surface area contributed by atoms with E-state index in [0.29, 0.717) is 5.92 Å². The number of benzene rings is 2. The van der Waals surface area contributed by atoms with Crippen LogP contribution in [0, 0.1) is 20.8 Å². The van der Waals surface area contributed by atoms with Crippen molar-refractivity contribution in [2.24, 2.45) is 0 Å². The molecule has 2 N–H and O–H groups in total. The maximum absolute atomic E-state index is 13.1. The van der Waals surface area contributed by atoms with Crippen molar-refractivity contribution >= 4 is 11.9 Å². The number of hydrogen-bond acceptors (Lipinski definition) is 4. The molecule has 6 nitrogen and oxygen atoms in total. The molecule has 0 radical (unpaired) electrons. The van der Waals surface area contributed by atoms with E-state index in [1.807, 2.05) is 57.2 Å². The van der Waals surface area contributed by atoms with Crippen LogP contribution < -0.4 is 10.1 Å². The molecule has 1 heterocycles. The van der Waals surface area contributed by atoms with Gasteiger partial charge in [0.25, 0.3) is 5.91 Å². The van der Waals surface area contributed by atoms with Gasteiger partial charge in [0.1, 0.15) is 24.0 Å². The third-order valence-corrected chi connectivity index (χ3v) is 6.12. The Morgan fingerprint density at radius 3 is 2.26 bits per heavy atom. The van der Waals surface area contributed by atoms with E-state index in [1.54, 1.807) is 6.92 Å². The summed E-state index contributed by atoms with van der Waals surface area (Å²) in [6.07, 6.45) is -1.00. The highest BCUT2D eigenvalue weighted by Crippen LogP contribution is 2.30. The molecule has 1 aliphatic heterocycles. The molecule has 0 spiro atoms. The van der Waals surface area contributed by atoms with Gasteiger partial charge in [0.05, 0.1) is 6.54 Å². The number of ether oxygens (including phenoxy) is 1. The van der Waals surface area contributed by atoms with Gasteiger partial charge >= 0.3 is 6.03 Å². The molecule has 3 rings (SSSR count). The topological polar surface area (TPSA) is 78.9 Å². The quantitative estimate of drug-likeness (QED) is 0.660. The predicted octanol–water partition coefficient (Wildman–Crippen LogP) is 3.94. The molecule has 0 saturated carbocycles. The van der Waals surface area contributed by atoms with Crippen molar-refractivity contribution in [1.29, 1.82) is 0 Å². The van der Waals surface area contributed by atoms with E-state index in [-0.39, 0.29) is 19.1 Å². The lowest BCUT2D eigenvalue weighted by atomic mass is 9.90. The fourth-order valence-electron chi connectivity index (χ4n) is 3.85. The van der Waals surface area contributed by atoms with Gasteiger partial charge in [-0.25, -0.2) is 4.79 Å². The third kappa shape index (κ3) is 4.44. The first-order valence-electron chi connectivity index (χ1n) is 10.7. The number of aryl methyl sites for hydroxylation is 2. The average molecular weight is 425 g/mol. The molecule has 3 amide bonds. The Morgan fingerprint density at radius 2 is 1.65 bits per heavy atom. The molecule has 0 bridgehead atoms. The van der Waals surface area contributed by atoms with Crippen molar-refractivity contribution in [2.45, 2.75) is 59.1 Å². The van der Waals surface area contributed by atoms with Gasteiger partial charge in [-0.3, -0.25) is 9.69 Å². The molecule has 6 heteroatoms. The maximum atomic E-state index is 13.1. The molecule has 1 aliphatic rings. The van der Waals surface area contributed by atoms with E-state index in [0.717, 1.165) is 38.5 Å². The minimum Gasteiger partial charge on any atom is -0.490 e. The lowest BCUT2D eigenvalue weighted by molar-refractivity contribution is -0.132. The highest BCUT2D eigenvalue weighted by molar-refractivity contribution is 6.07. The summed E-state index contributed by atoms with van der Waals surface area (Å²) in [5, 5.41) is 13.3. The number of aliphatic hydroxyl groups excluding tert-OH is 1. The molecule has 2 aromatic carbocycles. The Kier molecular flexibility index (Phi) is 6.41. The number of β-amino-alcohol motifs (C(OH)–C–C–N with tert-alkyl or cyclic N) is 1. The Bertz CT molecular complexity index is 984. The molecule has 0 aromatic heterocycles. The van der Waals surface area contributed by atoms with Crippen LogP contribution in [0.2, 0.25) is 0 Å². The van der Waals surface area contributed by atoms with Gasteiger partial charge in [-0.1, -0.05) is 50.2 Å². The summed E-state index contributed by atoms with van der Waals surface area (Å²) < 4.78 is 5.84. The lowest BCUT2D eigenvalue weighted by Crippen LogP contribution is -2.42. The van der Waals surface area contributed by atoms with Crippen LogP contribution >= 0.6 is 0 Å². The summed E-state index contributed by atoms with van der Waals surface area (Å²) in [6, 6.07) is 11.2. The van der Waals surface area contributed by atoms with Gasteiger partial charge in [-0.2, -0.15) is 0 Å². The van der Waals surface area contributed by atoms with Crippen molar-refractivity contribution < 1.29 is 19.4 Å². The lowest BCUT2D eigenvalue weighted by Gasteiger charge is -2.24. The fourth-order valence-corrected chi connectivity index (χ4v) is 3.85. The first-order chi connectivity index (χ1) is 14.5. The molecular formula is C25H32N2O4. The van der Waals surface area contributed by atoms with Crippen LogP contribution in [0.5, 0.6) is 5.75 Å². The average Bonchev–Trinajstić information content (AvgIpc) is 2.95. The SMILES string of the molecule is Cc1ccc(C)c(OCC(O)CN2C(=O)NC(C)(c3ccc(C(C)C)cc3)C2=O)c1C. The van der Waals surface area contributed by atoms with Crippen LogP contribution in [0.25, 0.3) is 0 Å². The molecule has 0 aliphatic carbocycles. The van der Waals surface area contributed by atoms with Gasteiger partial charge in [0, 0.05) is 0 Å². The number of hydrogen-bond donors (Lipinski definition) is 2. The summed E-state index contributed by atoms with van der Waals surface area (Å²) in [7, 11) is 0. The second-order valence-corrected chi connectivity index (χ2v) is 8.87. The summed E-state index contributed by atoms with van der Waals surface area (Å²) in [5.74, 6) is 0.728. The zero-order valence-electron chi connectivity index (χ0n) is 19.2. The normalized spacial score (nSPS) is 19.7. The Morgan fingerprint density at radius 1 is 1.03 bits per heavy atom. The molecule has 2 atom stereocenters. The van der Waals surface area contributed by atoms with Gasteiger partial charge in [0.2, 0.25) is 0 Å². The van der Waals surface area contributed by atoms with Crippen LogP contribution in [0.15, 0.2) is 36.4 Å². The highest BCUT2D eigenvalue weighted by Gasteiger charge is 2.49. The number of amides is 3. The number of imide groups is 1. The predicted molar refractivity (Wildman–Crippen MR) is 120 cm³/mol. The Labute approximate surface area is 184 Å². The van der Waals surface area contributed by atoms with E-state index < -0.39 is 17.7 Å². The number of carbonyl (C=O) groups is 2. The maximum Gasteiger partial charge on any atom is 0.325 e. The smallest absolute Gasteiger partial charge is 0.325 e. The summed E-state index contributed by atoms with van der Waals surface area (Å²) in [5.41, 5.74) is 3.81. The summed E-state index contributed by atoms with van der Waals surface area (Å²) in [6.45, 7) is 11.7. The van der Waals surface area contributed by atoms with Crippen molar-refractivity contribution in [3.8, 4) is 5.75 Å². The van der Waals surface area contributed by atoms with Gasteiger partial charge in [-0.05, 0) is 61.4 Å². The van der Waals surface area contributed by atoms with E-state index in [2.05, 4.69) is 19.2 Å². The summed E-state index contributed by atoms with van der Waals surface area (Å²) >= 11 is 0. The zero-order chi connectivity index (χ0) is 22.9. The van der Waals surface area contributed by atoms with Crippen LogP contribution in [-0.4, -0.2) is 41.2 Å². The van der Waals surface area contributed by atoms with Crippen LogP contribution in [0.4, 0.5) is 4.79 Å². The van der Waals surface area contributed by atoms with Crippen LogP contribution in [0.1, 0.15) is 54.5 Å². The van der Waals surface area contributed by atoms with E-state index in [1.165, 1.54) is 0 Å². The summed E-state index contributed by atoms with van der Waals surface area (Å²) in [4.78, 5) is 26.7. The largest absolute Gasteiger partial charge is 0.490 e. The van der Waals surface area contributed by atoms with Crippen LogP contribution in [-0.2, 0) is 10.3 Å². The van der Waals surface area contributed by atoms with Gasteiger partial charge < -0.3 is 15.2 Å². The number of carbonyl (C=O) groups excluding carboxylic acids is 2. The first-order valence-corrected chi connectivity index (χ1v) is 10.7. The first kappa shape index (κ1) is 22.8. The minimum absolute atomic E-state index is 0.0119. The highest BCUT2D eigenvalue weighted by atomic mass is 16.5. The second-order valence-electron chi connectivity index (χ2n) is 8.87. The van der Waals surface area contributed by atoms with E-state index in [4.69, 9.17) is 4.74 Å². The van der Waals surface area contributed by atoms with Crippen molar-refractivity contribution in [3.05, 3.63) is 64.2 Å². The Balaban J connectivity index is 1.69. The van der Waals surface area contributed by atoms with E-state index in [9.17, 15) is 14.7 Å². The van der Waals surface area contributed by atoms with Gasteiger partial charge in [-0.15, -0.1) is 0 Å². The van der Waals surface area contributed by atoms with Crippen molar-refractivity contribution in [3.63, 3.8) is 0 Å². The van der Waals surface area contributed by atoms with Crippen molar-refractivity contribution in [1.82, 2.24) is 10.2 Å².